The maximum atomic E-state index is 13.8. The smallest absolute Gasteiger partial charge is 0.443 e. The van der Waals surface area contributed by atoms with Gasteiger partial charge in [0, 0.05) is 96.9 Å². The Morgan fingerprint density at radius 3 is 0.493 bits per heavy atom. The van der Waals surface area contributed by atoms with Crippen LogP contribution in [-0.4, -0.2) is 121 Å². The molecule has 0 spiro atoms. The van der Waals surface area contributed by atoms with E-state index in [0.717, 1.165) is 10.9 Å². The molecule has 0 heterocycles. The molecule has 0 unspecified atom stereocenters. The summed E-state index contributed by atoms with van der Waals surface area (Å²) in [7, 11) is -24.8. The summed E-state index contributed by atoms with van der Waals surface area (Å²) in [6, 6.07) is 10.7. The Kier molecular flexibility index (Phi) is 21.1. The van der Waals surface area contributed by atoms with Gasteiger partial charge >= 0.3 is 14.2 Å². The van der Waals surface area contributed by atoms with Crippen molar-refractivity contribution in [2.24, 2.45) is 0 Å². The van der Waals surface area contributed by atoms with Crippen molar-refractivity contribution >= 4 is 122 Å². The van der Waals surface area contributed by atoms with Crippen molar-refractivity contribution in [1.29, 1.82) is 0 Å². The van der Waals surface area contributed by atoms with Crippen LogP contribution in [0.15, 0.2) is 24.3 Å². The second kappa shape index (κ2) is 21.9. The van der Waals surface area contributed by atoms with Gasteiger partial charge in [-0.3, -0.25) is 0 Å². The summed E-state index contributed by atoms with van der Waals surface area (Å²) >= 11 is 0. The predicted molar refractivity (Wildman–Crippen MR) is 366 cm³/mol. The molecule has 0 saturated carbocycles. The molecule has 17 heteroatoms. The molecule has 0 radical (unpaired) electrons. The average Bonchev–Trinajstić information content (AvgIpc) is 2.96. The summed E-state index contributed by atoms with van der Waals surface area (Å²) < 4.78 is 7.43. The minimum absolute atomic E-state index is 0.392. The lowest BCUT2D eigenvalue weighted by Gasteiger charge is -2.46. The molecule has 2 aromatic carbocycles. The van der Waals surface area contributed by atoms with E-state index in [4.69, 9.17) is 4.57 Å². The van der Waals surface area contributed by atoms with Gasteiger partial charge in [0.25, 0.3) is 0 Å². The fraction of sp³-hybridized carbons (Fsp3) is 0.778. The topological polar surface area (TPSA) is 49.7 Å². The zero-order valence-corrected chi connectivity index (χ0v) is 66.2. The Bertz CT molecular complexity index is 1790. The zero-order valence-electron chi connectivity index (χ0n) is 54.2. The van der Waals surface area contributed by atoms with Crippen LogP contribution in [-0.2, 0) is 4.57 Å². The number of rotatable bonds is 22. The highest BCUT2D eigenvalue weighted by Gasteiger charge is 2.52. The number of hydrogen-bond donors (Lipinski definition) is 2. The fourth-order valence-corrected chi connectivity index (χ4v) is 93.5. The zero-order chi connectivity index (χ0) is 56.8. The first-order valence-corrected chi connectivity index (χ1v) is 71.0. The lowest BCUT2D eigenvalue weighted by Crippen LogP contribution is -2.58. The lowest BCUT2D eigenvalue weighted by atomic mass is 9.66. The number of hydrogen-bond acceptors (Lipinski definition) is 3. The van der Waals surface area contributed by atoms with Crippen LogP contribution in [0, 0.1) is 0 Å². The van der Waals surface area contributed by atoms with E-state index in [-0.39, 0.29) is 0 Å². The van der Waals surface area contributed by atoms with Crippen molar-refractivity contribution in [3.8, 4) is 0 Å². The molecule has 0 aliphatic carbocycles. The van der Waals surface area contributed by atoms with Crippen LogP contribution in [0.1, 0.15) is 64.4 Å². The quantitative estimate of drug-likeness (QED) is 0.116. The van der Waals surface area contributed by atoms with E-state index in [1.54, 1.807) is 11.1 Å². The van der Waals surface area contributed by atoms with Gasteiger partial charge in [-0.1, -0.05) is 260 Å². The minimum atomic E-state index is -1.92. The van der Waals surface area contributed by atoms with Crippen LogP contribution >= 0.6 is 0 Å². The van der Waals surface area contributed by atoms with E-state index >= 15 is 0 Å². The third kappa shape index (κ3) is 17.0. The van der Waals surface area contributed by atoms with Gasteiger partial charge in [0.2, 0.25) is 0 Å². The highest BCUT2D eigenvalue weighted by Crippen LogP contribution is 2.47. The third-order valence-electron chi connectivity index (χ3n) is 15.6. The Balaban J connectivity index is 3.70. The largest absolute Gasteiger partial charge is 0.478 e. The summed E-state index contributed by atoms with van der Waals surface area (Å²) in [5, 5.41) is 30.3. The monoisotopic (exact) mass is 1170 g/mol. The molecule has 0 saturated heterocycles. The van der Waals surface area contributed by atoms with Crippen molar-refractivity contribution < 1.29 is 14.6 Å². The molecule has 0 atom stereocenters. The Labute approximate surface area is 457 Å². The Morgan fingerprint density at radius 2 is 0.380 bits per heavy atom. The normalized spacial score (nSPS) is 15.2. The highest BCUT2D eigenvalue weighted by molar-refractivity contribution is 7.00. The van der Waals surface area contributed by atoms with E-state index in [2.05, 4.69) is 260 Å². The molecular weight excluding hydrogens is 1060 g/mol. The molecule has 0 bridgehead atoms. The van der Waals surface area contributed by atoms with E-state index in [9.17, 15) is 10.0 Å². The van der Waals surface area contributed by atoms with Crippen molar-refractivity contribution in [2.75, 3.05) is 0 Å². The first-order valence-electron chi connectivity index (χ1n) is 28.1. The van der Waals surface area contributed by atoms with Gasteiger partial charge in [-0.05, 0) is 75.3 Å². The second-order valence-electron chi connectivity index (χ2n) is 36.1. The highest BCUT2D eigenvalue weighted by atomic mass is 28.4. The average molecular weight is 1180 g/mol. The SMILES string of the molecule is C[Si](C)(C)C(c1cc(C([Si](C)(C)C)[Si](C)(C)C)c(B(O)OB(O)c2c(C([Si](C)(C)C)[Si](C)(C)C)cc(C([Si](C)(C)C)[Si](C)(C)C)cc2C([Si](C)(C)C)[Si](C)(C)C)c(C([Si](C)(C)C)[Si](C)(C)C)c1)[Si](C)(C)C. The molecule has 3 nitrogen and oxygen atoms in total. The minimum Gasteiger partial charge on any atom is -0.443 e. The summed E-state index contributed by atoms with van der Waals surface area (Å²) in [5.74, 6) is 0. The van der Waals surface area contributed by atoms with Crippen LogP contribution < -0.4 is 10.9 Å². The van der Waals surface area contributed by atoms with Crippen LogP contribution in [0.3, 0.4) is 0 Å². The van der Waals surface area contributed by atoms with Gasteiger partial charge in [0.1, 0.15) is 0 Å². The first-order chi connectivity index (χ1) is 30.7. The lowest BCUT2D eigenvalue weighted by molar-refractivity contribution is 0.378. The summed E-state index contributed by atoms with van der Waals surface area (Å²) in [6.07, 6.45) is 0. The van der Waals surface area contributed by atoms with Gasteiger partial charge in [0.05, 0.1) is 0 Å². The third-order valence-corrected chi connectivity index (χ3v) is 71.4. The molecule has 2 N–H and O–H groups in total. The first kappa shape index (κ1) is 68.2. The van der Waals surface area contributed by atoms with Gasteiger partial charge in [-0.25, -0.2) is 0 Å². The van der Waals surface area contributed by atoms with E-state index in [1.165, 1.54) is 22.3 Å². The molecule has 0 amide bonds. The number of benzene rings is 2. The molecule has 408 valence electrons. The van der Waals surface area contributed by atoms with E-state index in [1.807, 2.05) is 0 Å². The summed E-state index contributed by atoms with van der Waals surface area (Å²) in [5.41, 5.74) is 10.7. The molecule has 2 aromatic rings. The molecule has 2 rings (SSSR count). The Morgan fingerprint density at radius 1 is 0.254 bits per heavy atom. The van der Waals surface area contributed by atoms with Gasteiger partial charge in [-0.2, -0.15) is 0 Å². The van der Waals surface area contributed by atoms with Crippen LogP contribution in [0.5, 0.6) is 0 Å². The fourth-order valence-electron chi connectivity index (χ4n) is 17.1. The van der Waals surface area contributed by atoms with E-state index in [0.29, 0.717) is 31.0 Å². The Hall–Kier alpha value is 1.05. The summed E-state index contributed by atoms with van der Waals surface area (Å²) in [6.45, 7) is 93.4. The maximum Gasteiger partial charge on any atom is 0.478 e. The predicted octanol–water partition coefficient (Wildman–Crippen LogP) is 16.8. The van der Waals surface area contributed by atoms with Crippen molar-refractivity contribution in [2.45, 2.75) is 267 Å². The van der Waals surface area contributed by atoms with Crippen LogP contribution in [0.4, 0.5) is 0 Å². The van der Waals surface area contributed by atoms with Gasteiger partial charge in [-0.15, -0.1) is 0 Å². The van der Waals surface area contributed by atoms with Crippen LogP contribution in [0.25, 0.3) is 0 Å². The maximum absolute atomic E-state index is 13.8. The standard InChI is InChI=1S/C54H120B2O3Si12/c1-60(2,3)49(61(4,5)6)41-37-43(51(64(13,14)15)65(16,17)18)47(44(38-41)52(66(19,20)21)67(22,23)24)55(57)59-56(58)48-45(53(68(25,26)27)69(28,29)30)39-42(50(62(7,8)9)63(10,11)12)40-46(48)54(70(31,32)33)71(34,35)36/h37-40,49-54,57-58H,1-36H3. The van der Waals surface area contributed by atoms with Crippen molar-refractivity contribution in [3.63, 3.8) is 0 Å². The van der Waals surface area contributed by atoms with Gasteiger partial charge in [0.15, 0.2) is 0 Å². The van der Waals surface area contributed by atoms with Crippen molar-refractivity contribution in [1.82, 2.24) is 0 Å². The molecular formula is C54H120B2O3Si12. The van der Waals surface area contributed by atoms with Gasteiger partial charge < -0.3 is 14.6 Å². The van der Waals surface area contributed by atoms with Crippen LogP contribution in [0.2, 0.25) is 236 Å². The van der Waals surface area contributed by atoms with E-state index < -0.39 is 111 Å². The molecule has 71 heavy (non-hydrogen) atoms. The molecule has 0 aliphatic heterocycles. The molecule has 0 aromatic heterocycles. The molecule has 0 fully saturated rings. The molecule has 0 aliphatic rings. The summed E-state index contributed by atoms with van der Waals surface area (Å²) in [4.78, 5) is 0. The van der Waals surface area contributed by atoms with Crippen molar-refractivity contribution in [3.05, 3.63) is 57.6 Å². The second-order valence-corrected chi connectivity index (χ2v) is 103.